The van der Waals surface area contributed by atoms with E-state index in [-0.39, 0.29) is 17.6 Å². The molecule has 3 atom stereocenters. The summed E-state index contributed by atoms with van der Waals surface area (Å²) in [5, 5.41) is 5.79. The Bertz CT molecular complexity index is 783. The summed E-state index contributed by atoms with van der Waals surface area (Å²) < 4.78 is 15.1. The van der Waals surface area contributed by atoms with Gasteiger partial charge in [0.1, 0.15) is 5.82 Å². The molecule has 3 saturated heterocycles. The first-order valence-electron chi connectivity index (χ1n) is 11.3. The van der Waals surface area contributed by atoms with Crippen molar-refractivity contribution >= 4 is 17.5 Å². The number of piperazine rings is 1. The van der Waals surface area contributed by atoms with Crippen molar-refractivity contribution in [1.82, 2.24) is 15.5 Å². The van der Waals surface area contributed by atoms with Crippen LogP contribution < -0.4 is 15.5 Å². The summed E-state index contributed by atoms with van der Waals surface area (Å²) in [5.41, 5.74) is 1.25. The number of halogens is 1. The number of benzene rings is 1. The van der Waals surface area contributed by atoms with Crippen LogP contribution >= 0.6 is 0 Å². The Morgan fingerprint density at radius 1 is 1.07 bits per heavy atom. The van der Waals surface area contributed by atoms with E-state index >= 15 is 4.39 Å². The number of anilines is 1. The quantitative estimate of drug-likeness (QED) is 0.737. The highest BCUT2D eigenvalue weighted by molar-refractivity contribution is 6.00. The lowest BCUT2D eigenvalue weighted by Gasteiger charge is -2.47. The van der Waals surface area contributed by atoms with Gasteiger partial charge < -0.3 is 10.2 Å². The van der Waals surface area contributed by atoms with E-state index in [1.807, 2.05) is 6.07 Å². The lowest BCUT2D eigenvalue weighted by Crippen LogP contribution is -2.58. The summed E-state index contributed by atoms with van der Waals surface area (Å²) >= 11 is 0. The van der Waals surface area contributed by atoms with Crippen LogP contribution in [0.5, 0.6) is 0 Å². The highest BCUT2D eigenvalue weighted by atomic mass is 19.1. The first-order chi connectivity index (χ1) is 14.4. The number of hydrogen-bond acceptors (Lipinski definition) is 5. The zero-order valence-corrected chi connectivity index (χ0v) is 18.0. The minimum Gasteiger partial charge on any atom is -0.366 e. The molecular weight excluding hydrogens is 383 g/mol. The van der Waals surface area contributed by atoms with Gasteiger partial charge in [0, 0.05) is 38.1 Å². The van der Waals surface area contributed by atoms with E-state index in [1.165, 1.54) is 18.9 Å². The number of hydrogen-bond donors (Lipinski definition) is 2. The number of piperidine rings is 2. The van der Waals surface area contributed by atoms with Crippen molar-refractivity contribution in [2.45, 2.75) is 57.5 Å². The SMILES string of the molecule is C[C@@H]1CN(c2ccc(C3CCC(=O)NC3=O)cc2F)C[C@H](C)N1CC1CCNCC1. The van der Waals surface area contributed by atoms with Crippen molar-refractivity contribution < 1.29 is 14.0 Å². The zero-order chi connectivity index (χ0) is 21.3. The van der Waals surface area contributed by atoms with Gasteiger partial charge in [0.2, 0.25) is 11.8 Å². The summed E-state index contributed by atoms with van der Waals surface area (Å²) in [6.45, 7) is 9.40. The minimum atomic E-state index is -0.453. The van der Waals surface area contributed by atoms with Crippen LogP contribution in [0.4, 0.5) is 10.1 Å². The van der Waals surface area contributed by atoms with Crippen molar-refractivity contribution in [2.24, 2.45) is 5.92 Å². The summed E-state index contributed by atoms with van der Waals surface area (Å²) in [5.74, 6) is -0.576. The third kappa shape index (κ3) is 4.52. The molecule has 7 heteroatoms. The van der Waals surface area contributed by atoms with Gasteiger partial charge in [0.05, 0.1) is 11.6 Å². The van der Waals surface area contributed by atoms with Crippen LogP contribution in [0.15, 0.2) is 18.2 Å². The Morgan fingerprint density at radius 3 is 2.40 bits per heavy atom. The van der Waals surface area contributed by atoms with Crippen LogP contribution in [-0.2, 0) is 9.59 Å². The summed E-state index contributed by atoms with van der Waals surface area (Å²) in [6, 6.07) is 5.84. The fraction of sp³-hybridized carbons (Fsp3) is 0.652. The standard InChI is InChI=1S/C23H33FN4O2/c1-15-12-27(13-16(2)28(15)14-17-7-9-25-10-8-17)21-5-3-18(11-20(21)24)19-4-6-22(29)26-23(19)30/h3,5,11,15-17,19,25H,4,6-10,12-14H2,1-2H3,(H,26,29,30)/t15-,16+,19?. The predicted molar refractivity (Wildman–Crippen MR) is 115 cm³/mol. The van der Waals surface area contributed by atoms with Crippen LogP contribution in [0, 0.1) is 11.7 Å². The largest absolute Gasteiger partial charge is 0.366 e. The van der Waals surface area contributed by atoms with Crippen LogP contribution in [0.3, 0.4) is 0 Å². The summed E-state index contributed by atoms with van der Waals surface area (Å²) in [6.07, 6.45) is 3.20. The summed E-state index contributed by atoms with van der Waals surface area (Å²) in [4.78, 5) is 28.2. The van der Waals surface area contributed by atoms with E-state index in [1.54, 1.807) is 6.07 Å². The van der Waals surface area contributed by atoms with Crippen LogP contribution in [-0.4, -0.2) is 61.5 Å². The Balaban J connectivity index is 1.43. The second-order valence-electron chi connectivity index (χ2n) is 9.21. The van der Waals surface area contributed by atoms with Gasteiger partial charge in [-0.3, -0.25) is 19.8 Å². The molecule has 0 aromatic heterocycles. The van der Waals surface area contributed by atoms with Crippen molar-refractivity contribution in [3.05, 3.63) is 29.6 Å². The highest BCUT2D eigenvalue weighted by Crippen LogP contribution is 2.31. The second kappa shape index (κ2) is 9.02. The Hall–Kier alpha value is -1.99. The van der Waals surface area contributed by atoms with Gasteiger partial charge >= 0.3 is 0 Å². The van der Waals surface area contributed by atoms with Gasteiger partial charge in [-0.15, -0.1) is 0 Å². The normalized spacial score (nSPS) is 29.2. The van der Waals surface area contributed by atoms with Gasteiger partial charge in [-0.25, -0.2) is 4.39 Å². The topological polar surface area (TPSA) is 64.7 Å². The molecule has 3 aliphatic heterocycles. The van der Waals surface area contributed by atoms with E-state index in [0.717, 1.165) is 38.6 Å². The molecule has 0 radical (unpaired) electrons. The predicted octanol–water partition coefficient (Wildman–Crippen LogP) is 2.24. The van der Waals surface area contributed by atoms with Crippen molar-refractivity contribution in [3.8, 4) is 0 Å². The number of carbonyl (C=O) groups is 2. The van der Waals surface area contributed by atoms with Gasteiger partial charge in [-0.2, -0.15) is 0 Å². The molecule has 3 aliphatic rings. The van der Waals surface area contributed by atoms with Gasteiger partial charge in [-0.1, -0.05) is 6.07 Å². The molecule has 4 rings (SSSR count). The highest BCUT2D eigenvalue weighted by Gasteiger charge is 2.33. The van der Waals surface area contributed by atoms with Crippen molar-refractivity contribution in [3.63, 3.8) is 0 Å². The zero-order valence-electron chi connectivity index (χ0n) is 18.0. The Labute approximate surface area is 178 Å². The number of imide groups is 1. The molecule has 0 bridgehead atoms. The maximum Gasteiger partial charge on any atom is 0.234 e. The third-order valence-corrected chi connectivity index (χ3v) is 6.98. The molecule has 1 unspecified atom stereocenters. The fourth-order valence-electron chi connectivity index (χ4n) is 5.28. The number of carbonyl (C=O) groups excluding carboxylic acids is 2. The Kier molecular flexibility index (Phi) is 6.39. The average Bonchev–Trinajstić information content (AvgIpc) is 2.71. The lowest BCUT2D eigenvalue weighted by atomic mass is 9.90. The van der Waals surface area contributed by atoms with Crippen LogP contribution in [0.1, 0.15) is 51.0 Å². The monoisotopic (exact) mass is 416 g/mol. The molecule has 6 nitrogen and oxygen atoms in total. The minimum absolute atomic E-state index is 0.251. The fourth-order valence-corrected chi connectivity index (χ4v) is 5.28. The molecule has 2 amide bonds. The molecule has 3 fully saturated rings. The molecule has 1 aromatic carbocycles. The van der Waals surface area contributed by atoms with Gasteiger partial charge in [-0.05, 0) is 69.8 Å². The molecule has 0 saturated carbocycles. The Morgan fingerprint density at radius 2 is 1.77 bits per heavy atom. The number of amides is 2. The maximum absolute atomic E-state index is 15.1. The molecule has 30 heavy (non-hydrogen) atoms. The van der Waals surface area contributed by atoms with E-state index < -0.39 is 5.92 Å². The molecule has 0 spiro atoms. The third-order valence-electron chi connectivity index (χ3n) is 6.98. The van der Waals surface area contributed by atoms with Gasteiger partial charge in [0.25, 0.3) is 0 Å². The second-order valence-corrected chi connectivity index (χ2v) is 9.21. The van der Waals surface area contributed by atoms with E-state index in [2.05, 4.69) is 34.3 Å². The lowest BCUT2D eigenvalue weighted by molar-refractivity contribution is -0.134. The van der Waals surface area contributed by atoms with E-state index in [9.17, 15) is 9.59 Å². The van der Waals surface area contributed by atoms with E-state index in [4.69, 9.17) is 0 Å². The van der Waals surface area contributed by atoms with E-state index in [0.29, 0.717) is 36.2 Å². The molecule has 164 valence electrons. The van der Waals surface area contributed by atoms with Crippen LogP contribution in [0.2, 0.25) is 0 Å². The van der Waals surface area contributed by atoms with Crippen molar-refractivity contribution in [2.75, 3.05) is 37.6 Å². The smallest absolute Gasteiger partial charge is 0.234 e. The first kappa shape index (κ1) is 21.2. The average molecular weight is 417 g/mol. The molecular formula is C23H33FN4O2. The number of rotatable bonds is 4. The van der Waals surface area contributed by atoms with Gasteiger partial charge in [0.15, 0.2) is 0 Å². The van der Waals surface area contributed by atoms with Crippen LogP contribution in [0.25, 0.3) is 0 Å². The number of nitrogens with zero attached hydrogens (tertiary/aromatic N) is 2. The molecule has 2 N–H and O–H groups in total. The molecule has 3 heterocycles. The van der Waals surface area contributed by atoms with Crippen molar-refractivity contribution in [1.29, 1.82) is 0 Å². The molecule has 1 aromatic rings. The summed E-state index contributed by atoms with van der Waals surface area (Å²) in [7, 11) is 0. The first-order valence-corrected chi connectivity index (χ1v) is 11.3. The number of nitrogens with one attached hydrogen (secondary N) is 2. The maximum atomic E-state index is 15.1. The molecule has 0 aliphatic carbocycles.